The third kappa shape index (κ3) is 3.81. The third-order valence-corrected chi connectivity index (χ3v) is 6.39. The SMILES string of the molecule is O=C1CCC(N2Cc3cc(CNc4conc4C4CCNCC4)ccc3C2=O)C(=O)N1. The Hall–Kier alpha value is -3.20. The smallest absolute Gasteiger partial charge is 0.255 e. The summed E-state index contributed by atoms with van der Waals surface area (Å²) in [6, 6.07) is 5.16. The van der Waals surface area contributed by atoms with E-state index in [1.54, 1.807) is 11.2 Å². The maximum atomic E-state index is 12.8. The lowest BCUT2D eigenvalue weighted by molar-refractivity contribution is -0.136. The van der Waals surface area contributed by atoms with Crippen LogP contribution in [-0.2, 0) is 22.7 Å². The zero-order valence-electron chi connectivity index (χ0n) is 17.1. The number of fused-ring (bicyclic) bond motifs is 1. The van der Waals surface area contributed by atoms with Gasteiger partial charge in [0.15, 0.2) is 0 Å². The van der Waals surface area contributed by atoms with E-state index in [1.807, 2.05) is 18.2 Å². The molecule has 3 amide bonds. The summed E-state index contributed by atoms with van der Waals surface area (Å²) in [5.74, 6) is -0.438. The fourth-order valence-corrected chi connectivity index (χ4v) is 4.70. The largest absolute Gasteiger partial charge is 0.377 e. The average molecular weight is 423 g/mol. The molecule has 9 heteroatoms. The number of carbonyl (C=O) groups is 3. The number of anilines is 1. The van der Waals surface area contributed by atoms with Gasteiger partial charge >= 0.3 is 0 Å². The molecule has 31 heavy (non-hydrogen) atoms. The Balaban J connectivity index is 1.26. The number of nitrogens with zero attached hydrogens (tertiary/aromatic N) is 2. The van der Waals surface area contributed by atoms with Crippen LogP contribution in [0.5, 0.6) is 0 Å². The Morgan fingerprint density at radius 1 is 1.16 bits per heavy atom. The van der Waals surface area contributed by atoms with E-state index in [4.69, 9.17) is 4.52 Å². The van der Waals surface area contributed by atoms with Crippen LogP contribution in [0.4, 0.5) is 5.69 Å². The molecule has 0 bridgehead atoms. The summed E-state index contributed by atoms with van der Waals surface area (Å²) in [5.41, 5.74) is 4.44. The van der Waals surface area contributed by atoms with Gasteiger partial charge in [0.1, 0.15) is 18.0 Å². The molecule has 2 fully saturated rings. The molecule has 4 heterocycles. The molecule has 0 saturated carbocycles. The van der Waals surface area contributed by atoms with Gasteiger partial charge in [-0.15, -0.1) is 0 Å². The second kappa shape index (κ2) is 8.14. The fraction of sp³-hybridized carbons (Fsp3) is 0.455. The number of benzene rings is 1. The highest BCUT2D eigenvalue weighted by atomic mass is 16.5. The molecular weight excluding hydrogens is 398 g/mol. The van der Waals surface area contributed by atoms with Crippen LogP contribution < -0.4 is 16.0 Å². The van der Waals surface area contributed by atoms with Crippen molar-refractivity contribution in [3.63, 3.8) is 0 Å². The van der Waals surface area contributed by atoms with E-state index in [2.05, 4.69) is 21.1 Å². The minimum Gasteiger partial charge on any atom is -0.377 e. The molecular formula is C22H25N5O4. The van der Waals surface area contributed by atoms with Gasteiger partial charge < -0.3 is 20.1 Å². The van der Waals surface area contributed by atoms with Gasteiger partial charge in [0.2, 0.25) is 11.8 Å². The molecule has 2 saturated heterocycles. The first-order valence-corrected chi connectivity index (χ1v) is 10.8. The Bertz CT molecular complexity index is 1030. The van der Waals surface area contributed by atoms with Crippen molar-refractivity contribution in [3.8, 4) is 0 Å². The number of hydrogen-bond donors (Lipinski definition) is 3. The minimum absolute atomic E-state index is 0.156. The lowest BCUT2D eigenvalue weighted by atomic mass is 9.94. The van der Waals surface area contributed by atoms with Crippen LogP contribution in [0.25, 0.3) is 0 Å². The number of carbonyl (C=O) groups excluding carboxylic acids is 3. The normalized spacial score (nSPS) is 21.9. The zero-order valence-corrected chi connectivity index (χ0v) is 17.1. The Morgan fingerprint density at radius 3 is 2.81 bits per heavy atom. The Labute approximate surface area is 179 Å². The van der Waals surface area contributed by atoms with Crippen LogP contribution in [0.2, 0.25) is 0 Å². The molecule has 5 rings (SSSR count). The number of rotatable bonds is 5. The molecule has 1 aromatic carbocycles. The van der Waals surface area contributed by atoms with E-state index in [-0.39, 0.29) is 18.2 Å². The first kappa shape index (κ1) is 19.7. The maximum absolute atomic E-state index is 12.8. The number of piperidine rings is 2. The molecule has 3 aliphatic heterocycles. The lowest BCUT2D eigenvalue weighted by Gasteiger charge is -2.29. The number of amides is 3. The van der Waals surface area contributed by atoms with Gasteiger partial charge in [0.25, 0.3) is 5.91 Å². The van der Waals surface area contributed by atoms with E-state index in [0.717, 1.165) is 48.4 Å². The van der Waals surface area contributed by atoms with Gasteiger partial charge in [-0.2, -0.15) is 0 Å². The Kier molecular flexibility index (Phi) is 5.19. The first-order valence-electron chi connectivity index (χ1n) is 10.8. The van der Waals surface area contributed by atoms with Crippen molar-refractivity contribution < 1.29 is 18.9 Å². The van der Waals surface area contributed by atoms with Crippen LogP contribution in [0.15, 0.2) is 29.0 Å². The zero-order chi connectivity index (χ0) is 21.4. The van der Waals surface area contributed by atoms with Crippen molar-refractivity contribution in [2.75, 3.05) is 18.4 Å². The van der Waals surface area contributed by atoms with Crippen LogP contribution in [0, 0.1) is 0 Å². The summed E-state index contributed by atoms with van der Waals surface area (Å²) in [5, 5.41) is 13.3. The van der Waals surface area contributed by atoms with E-state index < -0.39 is 11.9 Å². The van der Waals surface area contributed by atoms with Crippen molar-refractivity contribution in [2.24, 2.45) is 0 Å². The second-order valence-electron chi connectivity index (χ2n) is 8.38. The van der Waals surface area contributed by atoms with Gasteiger partial charge in [-0.3, -0.25) is 19.7 Å². The molecule has 1 aromatic heterocycles. The molecule has 3 aliphatic rings. The van der Waals surface area contributed by atoms with Crippen molar-refractivity contribution in [1.82, 2.24) is 20.7 Å². The summed E-state index contributed by atoms with van der Waals surface area (Å²) in [6.07, 6.45) is 4.35. The minimum atomic E-state index is -0.594. The lowest BCUT2D eigenvalue weighted by Crippen LogP contribution is -2.52. The summed E-state index contributed by atoms with van der Waals surface area (Å²) in [7, 11) is 0. The highest BCUT2D eigenvalue weighted by Crippen LogP contribution is 2.31. The van der Waals surface area contributed by atoms with E-state index >= 15 is 0 Å². The summed E-state index contributed by atoms with van der Waals surface area (Å²) >= 11 is 0. The van der Waals surface area contributed by atoms with Crippen molar-refractivity contribution >= 4 is 23.4 Å². The van der Waals surface area contributed by atoms with Gasteiger partial charge in [0, 0.05) is 31.0 Å². The monoisotopic (exact) mass is 423 g/mol. The highest BCUT2D eigenvalue weighted by Gasteiger charge is 2.39. The molecule has 0 aliphatic carbocycles. The number of nitrogens with one attached hydrogen (secondary N) is 3. The highest BCUT2D eigenvalue weighted by molar-refractivity contribution is 6.05. The van der Waals surface area contributed by atoms with E-state index in [1.165, 1.54) is 0 Å². The summed E-state index contributed by atoms with van der Waals surface area (Å²) in [4.78, 5) is 38.0. The van der Waals surface area contributed by atoms with Crippen LogP contribution >= 0.6 is 0 Å². The predicted octanol–water partition coefficient (Wildman–Crippen LogP) is 1.51. The number of hydrogen-bond acceptors (Lipinski definition) is 7. The number of imide groups is 1. The van der Waals surface area contributed by atoms with Crippen molar-refractivity contribution in [3.05, 3.63) is 46.8 Å². The van der Waals surface area contributed by atoms with Crippen molar-refractivity contribution in [2.45, 2.75) is 50.7 Å². The molecule has 2 aromatic rings. The predicted molar refractivity (Wildman–Crippen MR) is 111 cm³/mol. The molecule has 162 valence electrons. The molecule has 1 unspecified atom stereocenters. The van der Waals surface area contributed by atoms with Gasteiger partial charge in [-0.25, -0.2) is 0 Å². The van der Waals surface area contributed by atoms with E-state index in [9.17, 15) is 14.4 Å². The standard InChI is InChI=1S/C22H25N5O4/c28-19-4-3-18(21(29)25-19)27-11-15-9-13(1-2-16(15)22(27)30)10-24-17-12-31-26-20(17)14-5-7-23-8-6-14/h1-2,9,12,14,18,23-24H,3-8,10-11H2,(H,25,28,29). The molecule has 9 nitrogen and oxygen atoms in total. The topological polar surface area (TPSA) is 117 Å². The maximum Gasteiger partial charge on any atom is 0.255 e. The second-order valence-corrected chi connectivity index (χ2v) is 8.38. The van der Waals surface area contributed by atoms with Crippen LogP contribution in [0.1, 0.15) is 58.8 Å². The summed E-state index contributed by atoms with van der Waals surface area (Å²) < 4.78 is 5.23. The number of aromatic nitrogens is 1. The Morgan fingerprint density at radius 2 is 2.00 bits per heavy atom. The van der Waals surface area contributed by atoms with E-state index in [0.29, 0.717) is 31.0 Å². The summed E-state index contributed by atoms with van der Waals surface area (Å²) in [6.45, 7) is 2.93. The molecule has 1 atom stereocenters. The molecule has 0 spiro atoms. The fourth-order valence-electron chi connectivity index (χ4n) is 4.70. The van der Waals surface area contributed by atoms with Gasteiger partial charge in [-0.05, 0) is 49.5 Å². The molecule has 3 N–H and O–H groups in total. The van der Waals surface area contributed by atoms with Crippen LogP contribution in [0.3, 0.4) is 0 Å². The van der Waals surface area contributed by atoms with Crippen molar-refractivity contribution in [1.29, 1.82) is 0 Å². The van der Waals surface area contributed by atoms with Crippen LogP contribution in [-0.4, -0.2) is 46.9 Å². The first-order chi connectivity index (χ1) is 15.1. The average Bonchev–Trinajstić information content (AvgIpc) is 3.37. The quantitative estimate of drug-likeness (QED) is 0.624. The van der Waals surface area contributed by atoms with Gasteiger partial charge in [0.05, 0.1) is 5.69 Å². The molecule has 0 radical (unpaired) electrons. The van der Waals surface area contributed by atoms with Gasteiger partial charge in [-0.1, -0.05) is 17.3 Å². The third-order valence-electron chi connectivity index (χ3n) is 6.39.